The number of furan rings is 1. The average molecular weight is 313 g/mol. The second-order valence-electron chi connectivity index (χ2n) is 5.33. The van der Waals surface area contributed by atoms with Gasteiger partial charge in [-0.1, -0.05) is 0 Å². The molecule has 1 aromatic carbocycles. The smallest absolute Gasteiger partial charge is 0.253 e. The van der Waals surface area contributed by atoms with E-state index >= 15 is 0 Å². The number of carbonyl (C=O) groups excluding carboxylic acids is 1. The van der Waals surface area contributed by atoms with Crippen molar-refractivity contribution >= 4 is 12.0 Å². The number of ether oxygens (including phenoxy) is 2. The Labute approximate surface area is 135 Å². The van der Waals surface area contributed by atoms with Gasteiger partial charge >= 0.3 is 0 Å². The summed E-state index contributed by atoms with van der Waals surface area (Å²) in [5.74, 6) is 2.20. The first kappa shape index (κ1) is 15.2. The van der Waals surface area contributed by atoms with Gasteiger partial charge in [-0.25, -0.2) is 0 Å². The molecule has 0 saturated carbocycles. The van der Waals surface area contributed by atoms with Gasteiger partial charge in [0.15, 0.2) is 0 Å². The van der Waals surface area contributed by atoms with E-state index in [1.165, 1.54) is 0 Å². The van der Waals surface area contributed by atoms with E-state index in [9.17, 15) is 4.79 Å². The lowest BCUT2D eigenvalue weighted by Crippen LogP contribution is -2.30. The van der Waals surface area contributed by atoms with Gasteiger partial charge in [-0.3, -0.25) is 4.79 Å². The zero-order valence-corrected chi connectivity index (χ0v) is 13.2. The van der Waals surface area contributed by atoms with Crippen LogP contribution < -0.4 is 9.47 Å². The fraction of sp³-hybridized carbons (Fsp3) is 0.278. The van der Waals surface area contributed by atoms with Gasteiger partial charge in [0.05, 0.1) is 25.0 Å². The molecule has 0 fully saturated rings. The minimum Gasteiger partial charge on any atom is -0.494 e. The second kappa shape index (κ2) is 6.60. The molecule has 0 saturated heterocycles. The van der Waals surface area contributed by atoms with Gasteiger partial charge in [-0.05, 0) is 43.3 Å². The van der Waals surface area contributed by atoms with Crippen molar-refractivity contribution in [2.24, 2.45) is 0 Å². The highest BCUT2D eigenvalue weighted by Crippen LogP contribution is 2.30. The van der Waals surface area contributed by atoms with Crippen molar-refractivity contribution in [2.75, 3.05) is 20.3 Å². The highest BCUT2D eigenvalue weighted by molar-refractivity contribution is 5.99. The van der Waals surface area contributed by atoms with Gasteiger partial charge in [-0.15, -0.1) is 0 Å². The topological polar surface area (TPSA) is 51.9 Å². The summed E-state index contributed by atoms with van der Waals surface area (Å²) in [6.07, 6.45) is 3.46. The summed E-state index contributed by atoms with van der Waals surface area (Å²) in [6, 6.07) is 9.27. The Morgan fingerprint density at radius 3 is 2.96 bits per heavy atom. The number of nitrogens with zero attached hydrogens (tertiary/aromatic N) is 1. The van der Waals surface area contributed by atoms with E-state index in [1.807, 2.05) is 43.3 Å². The number of hydrogen-bond donors (Lipinski definition) is 0. The van der Waals surface area contributed by atoms with Crippen molar-refractivity contribution in [3.63, 3.8) is 0 Å². The molecule has 2 heterocycles. The molecular formula is C18H19NO4. The van der Waals surface area contributed by atoms with Gasteiger partial charge in [0.25, 0.3) is 5.91 Å². The van der Waals surface area contributed by atoms with Crippen molar-refractivity contribution in [2.45, 2.75) is 13.5 Å². The zero-order valence-electron chi connectivity index (χ0n) is 13.2. The number of likely N-dealkylation sites (N-methyl/N-ethyl adjacent to an activating group) is 1. The van der Waals surface area contributed by atoms with E-state index in [0.29, 0.717) is 18.7 Å². The fourth-order valence-electron chi connectivity index (χ4n) is 2.49. The van der Waals surface area contributed by atoms with Gasteiger partial charge in [0.2, 0.25) is 0 Å². The van der Waals surface area contributed by atoms with Crippen LogP contribution in [0.5, 0.6) is 11.5 Å². The number of benzene rings is 1. The maximum Gasteiger partial charge on any atom is 0.253 e. The standard InChI is InChI=1S/C18H19NO4/c1-3-21-15-6-7-17-13(10-15)9-14(12-23-17)18(20)19(2)11-16-5-4-8-22-16/h4-10H,3,11-12H2,1-2H3. The van der Waals surface area contributed by atoms with Crippen LogP contribution in [0.1, 0.15) is 18.2 Å². The molecular weight excluding hydrogens is 294 g/mol. The molecule has 120 valence electrons. The first-order valence-corrected chi connectivity index (χ1v) is 7.55. The lowest BCUT2D eigenvalue weighted by molar-refractivity contribution is -0.126. The van der Waals surface area contributed by atoms with E-state index in [4.69, 9.17) is 13.9 Å². The summed E-state index contributed by atoms with van der Waals surface area (Å²) in [6.45, 7) is 3.22. The molecule has 0 radical (unpaired) electrons. The van der Waals surface area contributed by atoms with Crippen LogP contribution in [0.4, 0.5) is 0 Å². The number of fused-ring (bicyclic) bond motifs is 1. The predicted octanol–water partition coefficient (Wildman–Crippen LogP) is 3.11. The summed E-state index contributed by atoms with van der Waals surface area (Å²) in [5, 5.41) is 0. The summed E-state index contributed by atoms with van der Waals surface area (Å²) >= 11 is 0. The molecule has 0 bridgehead atoms. The fourth-order valence-corrected chi connectivity index (χ4v) is 2.49. The maximum atomic E-state index is 12.5. The highest BCUT2D eigenvalue weighted by Gasteiger charge is 2.21. The maximum absolute atomic E-state index is 12.5. The van der Waals surface area contributed by atoms with Crippen LogP contribution >= 0.6 is 0 Å². The van der Waals surface area contributed by atoms with Crippen molar-refractivity contribution < 1.29 is 18.7 Å². The lowest BCUT2D eigenvalue weighted by Gasteiger charge is -2.22. The van der Waals surface area contributed by atoms with Gasteiger partial charge in [0.1, 0.15) is 23.9 Å². The molecule has 1 aliphatic heterocycles. The molecule has 23 heavy (non-hydrogen) atoms. The van der Waals surface area contributed by atoms with Crippen LogP contribution in [-0.2, 0) is 11.3 Å². The molecule has 5 nitrogen and oxygen atoms in total. The molecule has 2 aromatic rings. The second-order valence-corrected chi connectivity index (χ2v) is 5.33. The summed E-state index contributed by atoms with van der Waals surface area (Å²) in [7, 11) is 1.75. The Kier molecular flexibility index (Phi) is 4.37. The van der Waals surface area contributed by atoms with Crippen molar-refractivity contribution in [3.05, 3.63) is 53.5 Å². The Morgan fingerprint density at radius 2 is 2.22 bits per heavy atom. The Morgan fingerprint density at radius 1 is 1.35 bits per heavy atom. The molecule has 0 aliphatic carbocycles. The van der Waals surface area contributed by atoms with Crippen molar-refractivity contribution in [1.29, 1.82) is 0 Å². The van der Waals surface area contributed by atoms with E-state index in [-0.39, 0.29) is 12.5 Å². The third kappa shape index (κ3) is 3.39. The van der Waals surface area contributed by atoms with E-state index in [0.717, 1.165) is 22.8 Å². The van der Waals surface area contributed by atoms with Gasteiger partial charge in [0, 0.05) is 12.6 Å². The SMILES string of the molecule is CCOc1ccc2c(c1)C=C(C(=O)N(C)Cc1ccco1)CO2. The average Bonchev–Trinajstić information content (AvgIpc) is 3.06. The van der Waals surface area contributed by atoms with Gasteiger partial charge < -0.3 is 18.8 Å². The van der Waals surface area contributed by atoms with Crippen LogP contribution in [0.25, 0.3) is 6.08 Å². The number of amides is 1. The summed E-state index contributed by atoms with van der Waals surface area (Å²) in [5.41, 5.74) is 1.47. The van der Waals surface area contributed by atoms with Crippen LogP contribution in [0.3, 0.4) is 0 Å². The lowest BCUT2D eigenvalue weighted by atomic mass is 10.1. The molecule has 0 N–H and O–H groups in total. The Hall–Kier alpha value is -2.69. The third-order valence-electron chi connectivity index (χ3n) is 3.60. The van der Waals surface area contributed by atoms with E-state index in [2.05, 4.69) is 0 Å². The minimum atomic E-state index is -0.0751. The molecule has 0 spiro atoms. The minimum absolute atomic E-state index is 0.0751. The molecule has 0 atom stereocenters. The normalized spacial score (nSPS) is 12.9. The van der Waals surface area contributed by atoms with Crippen LogP contribution in [0.2, 0.25) is 0 Å². The van der Waals surface area contributed by atoms with E-state index < -0.39 is 0 Å². The number of rotatable bonds is 5. The molecule has 1 amide bonds. The largest absolute Gasteiger partial charge is 0.494 e. The summed E-state index contributed by atoms with van der Waals surface area (Å²) < 4.78 is 16.5. The van der Waals surface area contributed by atoms with Crippen molar-refractivity contribution in [3.8, 4) is 11.5 Å². The van der Waals surface area contributed by atoms with Crippen LogP contribution in [0, 0.1) is 0 Å². The number of hydrogen-bond acceptors (Lipinski definition) is 4. The monoisotopic (exact) mass is 313 g/mol. The third-order valence-corrected chi connectivity index (χ3v) is 3.60. The quantitative estimate of drug-likeness (QED) is 0.851. The Bertz CT molecular complexity index is 719. The van der Waals surface area contributed by atoms with Crippen LogP contribution in [0.15, 0.2) is 46.6 Å². The Balaban J connectivity index is 1.77. The van der Waals surface area contributed by atoms with E-state index in [1.54, 1.807) is 18.2 Å². The van der Waals surface area contributed by atoms with Gasteiger partial charge in [-0.2, -0.15) is 0 Å². The molecule has 3 rings (SSSR count). The molecule has 0 unspecified atom stereocenters. The zero-order chi connectivity index (χ0) is 16.2. The van der Waals surface area contributed by atoms with Crippen LogP contribution in [-0.4, -0.2) is 31.1 Å². The first-order valence-electron chi connectivity index (χ1n) is 7.55. The van der Waals surface area contributed by atoms with Crippen molar-refractivity contribution in [1.82, 2.24) is 4.90 Å². The molecule has 1 aliphatic rings. The summed E-state index contributed by atoms with van der Waals surface area (Å²) in [4.78, 5) is 14.2. The highest BCUT2D eigenvalue weighted by atomic mass is 16.5. The first-order chi connectivity index (χ1) is 11.2. The number of carbonyl (C=O) groups is 1. The molecule has 5 heteroatoms. The predicted molar refractivity (Wildman–Crippen MR) is 86.3 cm³/mol. The molecule has 1 aromatic heterocycles.